The first-order valence-electron chi connectivity index (χ1n) is 32.4. The maximum Gasteiger partial charge on any atom is 0.306 e. The number of carbonyl (C=O) groups is 3. The molecule has 0 spiro atoms. The Morgan fingerprint density at radius 2 is 0.684 bits per heavy atom. The van der Waals surface area contributed by atoms with Crippen LogP contribution in [0.15, 0.2) is 97.2 Å². The van der Waals surface area contributed by atoms with Crippen LogP contribution in [0, 0.1) is 0 Å². The topological polar surface area (TPSA) is 111 Å². The lowest BCUT2D eigenvalue weighted by molar-refractivity contribution is -0.870. The van der Waals surface area contributed by atoms with Gasteiger partial charge in [-0.3, -0.25) is 9.59 Å². The van der Waals surface area contributed by atoms with Crippen molar-refractivity contribution in [2.24, 2.45) is 0 Å². The summed E-state index contributed by atoms with van der Waals surface area (Å²) in [6.07, 6.45) is 79.0. The van der Waals surface area contributed by atoms with E-state index in [4.69, 9.17) is 18.9 Å². The first-order chi connectivity index (χ1) is 38.6. The number of ether oxygens (including phenoxy) is 4. The third-order valence-electron chi connectivity index (χ3n) is 13.8. The number of aliphatic carboxylic acids is 1. The Kier molecular flexibility index (Phi) is 57.4. The van der Waals surface area contributed by atoms with E-state index in [2.05, 4.69) is 111 Å². The van der Waals surface area contributed by atoms with Crippen LogP contribution in [-0.2, 0) is 33.3 Å². The quantitative estimate of drug-likeness (QED) is 0.0195. The van der Waals surface area contributed by atoms with E-state index in [1.807, 2.05) is 21.1 Å². The lowest BCUT2D eigenvalue weighted by Crippen LogP contribution is -2.44. The molecular weight excluding hydrogens is 983 g/mol. The van der Waals surface area contributed by atoms with Gasteiger partial charge in [0.2, 0.25) is 0 Å². The van der Waals surface area contributed by atoms with Crippen LogP contribution < -0.4 is 5.11 Å². The molecule has 9 nitrogen and oxygen atoms in total. The van der Waals surface area contributed by atoms with Crippen molar-refractivity contribution in [2.75, 3.05) is 47.5 Å². The number of unbranched alkanes of at least 4 members (excludes halogenated alkanes) is 28. The van der Waals surface area contributed by atoms with Gasteiger partial charge in [0.05, 0.1) is 40.3 Å². The zero-order valence-corrected chi connectivity index (χ0v) is 51.7. The SMILES string of the molecule is CC/C=C\C/C=C\C/C=C\C/C=C\CCCCCCCCCCCCCCCCCCC(=O)OC(COC(=O)CCCCCCCCCCCCCC/C=C\C/C=C\C/C=C\C/C=C\CC)COC(OCC[N+](C)(C)C)C(=O)[O-]. The van der Waals surface area contributed by atoms with E-state index >= 15 is 0 Å². The molecule has 0 amide bonds. The van der Waals surface area contributed by atoms with Crippen LogP contribution in [0.1, 0.15) is 271 Å². The van der Waals surface area contributed by atoms with Crippen LogP contribution in [0.2, 0.25) is 0 Å². The first kappa shape index (κ1) is 75.2. The number of hydrogen-bond acceptors (Lipinski definition) is 8. The molecule has 2 unspecified atom stereocenters. The lowest BCUT2D eigenvalue weighted by Gasteiger charge is -2.26. The number of rotatable bonds is 59. The molecule has 0 bridgehead atoms. The van der Waals surface area contributed by atoms with Gasteiger partial charge in [-0.1, -0.05) is 265 Å². The molecule has 0 aromatic rings. The summed E-state index contributed by atoms with van der Waals surface area (Å²) in [6, 6.07) is 0. The highest BCUT2D eigenvalue weighted by Gasteiger charge is 2.22. The summed E-state index contributed by atoms with van der Waals surface area (Å²) >= 11 is 0. The summed E-state index contributed by atoms with van der Waals surface area (Å²) in [7, 11) is 5.93. The number of quaternary nitrogens is 1. The third kappa shape index (κ3) is 61.7. The standard InChI is InChI=1S/C70H121NO8/c1-6-8-10-12-14-16-18-20-22-24-26-28-30-32-33-34-35-37-39-41-43-45-47-49-51-53-55-57-59-61-68(73)79-66(65-78-70(69(74)75)76-63-62-71(3,4)5)64-77-67(72)60-58-56-54-52-50-48-46-44-42-40-38-36-31-29-27-25-23-21-19-17-15-13-11-9-7-2/h8-11,14-17,20-23,26-29,66,70H,6-7,12-13,18-19,24-25,30-65H2,1-5H3/b10-8-,11-9-,16-14-,17-15-,22-20-,23-21-,28-26-,29-27-. The van der Waals surface area contributed by atoms with Crippen LogP contribution >= 0.6 is 0 Å². The van der Waals surface area contributed by atoms with Gasteiger partial charge < -0.3 is 33.3 Å². The van der Waals surface area contributed by atoms with Gasteiger partial charge in [-0.05, 0) is 89.9 Å². The molecule has 0 saturated carbocycles. The zero-order valence-electron chi connectivity index (χ0n) is 51.7. The molecule has 0 aliphatic heterocycles. The van der Waals surface area contributed by atoms with E-state index in [1.54, 1.807) is 0 Å². The van der Waals surface area contributed by atoms with Crippen molar-refractivity contribution >= 4 is 17.9 Å². The maximum absolute atomic E-state index is 12.9. The molecule has 0 saturated heterocycles. The van der Waals surface area contributed by atoms with Gasteiger partial charge in [0.1, 0.15) is 13.2 Å². The number of carboxylic acids is 1. The number of carbonyl (C=O) groups excluding carboxylic acids is 3. The van der Waals surface area contributed by atoms with E-state index in [-0.39, 0.29) is 38.6 Å². The molecule has 0 aromatic carbocycles. The number of likely N-dealkylation sites (N-methyl/N-ethyl adjacent to an activating group) is 1. The highest BCUT2D eigenvalue weighted by Crippen LogP contribution is 2.17. The molecule has 454 valence electrons. The summed E-state index contributed by atoms with van der Waals surface area (Å²) in [5.74, 6) is -2.28. The van der Waals surface area contributed by atoms with Gasteiger partial charge in [0, 0.05) is 12.8 Å². The fourth-order valence-corrected chi connectivity index (χ4v) is 8.93. The normalized spacial score (nSPS) is 13.4. The van der Waals surface area contributed by atoms with Crippen molar-refractivity contribution < 1.29 is 42.9 Å². The number of esters is 2. The lowest BCUT2D eigenvalue weighted by atomic mass is 10.0. The van der Waals surface area contributed by atoms with E-state index in [1.165, 1.54) is 148 Å². The predicted molar refractivity (Wildman–Crippen MR) is 334 cm³/mol. The number of hydrogen-bond donors (Lipinski definition) is 0. The second kappa shape index (κ2) is 60.3. The Bertz CT molecular complexity index is 1620. The summed E-state index contributed by atoms with van der Waals surface area (Å²) in [4.78, 5) is 37.4. The Labute approximate surface area is 486 Å². The molecule has 0 heterocycles. The van der Waals surface area contributed by atoms with Crippen LogP contribution in [-0.4, -0.2) is 82.3 Å². The molecular formula is C70H121NO8. The predicted octanol–water partition coefficient (Wildman–Crippen LogP) is 18.4. The second-order valence-corrected chi connectivity index (χ2v) is 22.6. The van der Waals surface area contributed by atoms with Crippen molar-refractivity contribution in [2.45, 2.75) is 283 Å². The molecule has 0 aliphatic carbocycles. The van der Waals surface area contributed by atoms with Crippen LogP contribution in [0.3, 0.4) is 0 Å². The molecule has 0 radical (unpaired) electrons. The van der Waals surface area contributed by atoms with Crippen molar-refractivity contribution in [3.05, 3.63) is 97.2 Å². The fourth-order valence-electron chi connectivity index (χ4n) is 8.93. The van der Waals surface area contributed by atoms with Crippen molar-refractivity contribution in [1.82, 2.24) is 0 Å². The summed E-state index contributed by atoms with van der Waals surface area (Å²) in [5.41, 5.74) is 0. The van der Waals surface area contributed by atoms with E-state index in [0.29, 0.717) is 17.4 Å². The molecule has 9 heteroatoms. The van der Waals surface area contributed by atoms with Crippen LogP contribution in [0.25, 0.3) is 0 Å². The third-order valence-corrected chi connectivity index (χ3v) is 13.8. The first-order valence-corrected chi connectivity index (χ1v) is 32.4. The molecule has 79 heavy (non-hydrogen) atoms. The number of carboxylic acid groups (broad SMARTS) is 1. The second-order valence-electron chi connectivity index (χ2n) is 22.6. The van der Waals surface area contributed by atoms with Gasteiger partial charge in [-0.15, -0.1) is 0 Å². The Balaban J connectivity index is 4.16. The molecule has 0 fully saturated rings. The van der Waals surface area contributed by atoms with Crippen LogP contribution in [0.5, 0.6) is 0 Å². The Morgan fingerprint density at radius 1 is 0.380 bits per heavy atom. The van der Waals surface area contributed by atoms with E-state index < -0.39 is 24.3 Å². The number of allylic oxidation sites excluding steroid dienone is 16. The van der Waals surface area contributed by atoms with E-state index in [0.717, 1.165) is 89.9 Å². The molecule has 0 aliphatic rings. The minimum absolute atomic E-state index is 0.145. The monoisotopic (exact) mass is 1100 g/mol. The van der Waals surface area contributed by atoms with Gasteiger partial charge in [-0.2, -0.15) is 0 Å². The summed E-state index contributed by atoms with van der Waals surface area (Å²) in [5, 5.41) is 11.8. The van der Waals surface area contributed by atoms with Gasteiger partial charge in [-0.25, -0.2) is 0 Å². The highest BCUT2D eigenvalue weighted by molar-refractivity contribution is 5.70. The molecule has 0 aromatic heterocycles. The maximum atomic E-state index is 12.9. The van der Waals surface area contributed by atoms with E-state index in [9.17, 15) is 19.5 Å². The minimum Gasteiger partial charge on any atom is -0.545 e. The largest absolute Gasteiger partial charge is 0.545 e. The fraction of sp³-hybridized carbons (Fsp3) is 0.729. The number of nitrogens with zero attached hydrogens (tertiary/aromatic N) is 1. The molecule has 0 rings (SSSR count). The average molecular weight is 1100 g/mol. The Morgan fingerprint density at radius 3 is 1.01 bits per heavy atom. The average Bonchev–Trinajstić information content (AvgIpc) is 3.42. The van der Waals surface area contributed by atoms with Gasteiger partial charge in [0.15, 0.2) is 12.4 Å². The van der Waals surface area contributed by atoms with Crippen LogP contribution in [0.4, 0.5) is 0 Å². The van der Waals surface area contributed by atoms with Crippen molar-refractivity contribution in [1.29, 1.82) is 0 Å². The van der Waals surface area contributed by atoms with Gasteiger partial charge in [0.25, 0.3) is 0 Å². The van der Waals surface area contributed by atoms with Crippen molar-refractivity contribution in [3.63, 3.8) is 0 Å². The van der Waals surface area contributed by atoms with Gasteiger partial charge >= 0.3 is 11.9 Å². The molecule has 2 atom stereocenters. The molecule has 0 N–H and O–H groups in total. The minimum atomic E-state index is -1.63. The highest BCUT2D eigenvalue weighted by atomic mass is 16.7. The summed E-state index contributed by atoms with van der Waals surface area (Å²) < 4.78 is 22.8. The Hall–Kier alpha value is -3.79. The smallest absolute Gasteiger partial charge is 0.306 e. The van der Waals surface area contributed by atoms with Crippen molar-refractivity contribution in [3.8, 4) is 0 Å². The zero-order chi connectivity index (χ0) is 57.6. The summed E-state index contributed by atoms with van der Waals surface area (Å²) in [6.45, 7) is 4.54.